The van der Waals surface area contributed by atoms with Gasteiger partial charge in [0.2, 0.25) is 0 Å². The summed E-state index contributed by atoms with van der Waals surface area (Å²) in [5.74, 6) is 2.23. The maximum atomic E-state index is 6.58. The minimum atomic E-state index is 0.536. The van der Waals surface area contributed by atoms with Gasteiger partial charge in [-0.2, -0.15) is 0 Å². The molecular formula is C49H27N5O3. The Kier molecular flexibility index (Phi) is 6.76. The number of hydrogen-bond acceptors (Lipinski definition) is 8. The van der Waals surface area contributed by atoms with Crippen molar-refractivity contribution < 1.29 is 13.3 Å². The molecule has 0 saturated carbocycles. The zero-order chi connectivity index (χ0) is 37.5. The molecule has 0 fully saturated rings. The summed E-state index contributed by atoms with van der Waals surface area (Å²) >= 11 is 0. The molecule has 57 heavy (non-hydrogen) atoms. The number of benzene rings is 7. The van der Waals surface area contributed by atoms with Crippen molar-refractivity contribution in [3.63, 3.8) is 0 Å². The normalized spacial score (nSPS) is 11.9. The summed E-state index contributed by atoms with van der Waals surface area (Å²) in [5.41, 5.74) is 10.3. The van der Waals surface area contributed by atoms with E-state index >= 15 is 0 Å². The number of nitrogens with zero attached hydrogens (tertiary/aromatic N) is 5. The van der Waals surface area contributed by atoms with Crippen LogP contribution in [-0.2, 0) is 0 Å². The van der Waals surface area contributed by atoms with Crippen LogP contribution in [0, 0.1) is 0 Å². The lowest BCUT2D eigenvalue weighted by Gasteiger charge is -2.09. The Morgan fingerprint density at radius 2 is 0.860 bits per heavy atom. The summed E-state index contributed by atoms with van der Waals surface area (Å²) in [6, 6.07) is 54.3. The zero-order valence-corrected chi connectivity index (χ0v) is 30.0. The summed E-state index contributed by atoms with van der Waals surface area (Å²) in [5, 5.41) is 4.88. The summed E-state index contributed by atoms with van der Waals surface area (Å²) in [6.07, 6.45) is 0. The van der Waals surface area contributed by atoms with E-state index in [0.717, 1.165) is 82.7 Å². The second kappa shape index (κ2) is 12.3. The van der Waals surface area contributed by atoms with Gasteiger partial charge in [0.15, 0.2) is 28.9 Å². The molecule has 0 unspecified atom stereocenters. The SMILES string of the molecule is c1ccc(-c2nc(-c3ccc4c(c3)oc3ccccc34)nc(-c3cccc4oc5cc(-c6nc(-c7ccccc7)c7oc8ccccc8c7n6)ccc5c34)n2)cc1. The van der Waals surface area contributed by atoms with Gasteiger partial charge in [-0.1, -0.05) is 115 Å². The maximum absolute atomic E-state index is 6.58. The van der Waals surface area contributed by atoms with E-state index in [1.807, 2.05) is 146 Å². The van der Waals surface area contributed by atoms with E-state index in [1.165, 1.54) is 0 Å². The smallest absolute Gasteiger partial charge is 0.180 e. The van der Waals surface area contributed by atoms with Gasteiger partial charge in [-0.25, -0.2) is 24.9 Å². The van der Waals surface area contributed by atoms with Crippen molar-refractivity contribution in [2.24, 2.45) is 0 Å². The van der Waals surface area contributed by atoms with Crippen molar-refractivity contribution in [3.05, 3.63) is 164 Å². The van der Waals surface area contributed by atoms with E-state index in [-0.39, 0.29) is 0 Å². The van der Waals surface area contributed by atoms with E-state index in [4.69, 9.17) is 38.2 Å². The van der Waals surface area contributed by atoms with Crippen LogP contribution in [0.15, 0.2) is 177 Å². The first-order chi connectivity index (χ1) is 28.2. The number of para-hydroxylation sites is 2. The maximum Gasteiger partial charge on any atom is 0.180 e. The van der Waals surface area contributed by atoms with Crippen LogP contribution in [0.25, 0.3) is 123 Å². The second-order valence-corrected chi connectivity index (χ2v) is 14.0. The summed E-state index contributed by atoms with van der Waals surface area (Å²) in [6.45, 7) is 0. The summed E-state index contributed by atoms with van der Waals surface area (Å²) < 4.78 is 19.2. The molecule has 0 aliphatic carbocycles. The number of hydrogen-bond donors (Lipinski definition) is 0. The molecule has 7 aromatic carbocycles. The third-order valence-electron chi connectivity index (χ3n) is 10.6. The molecule has 0 N–H and O–H groups in total. The largest absolute Gasteiger partial charge is 0.456 e. The van der Waals surface area contributed by atoms with Crippen LogP contribution < -0.4 is 0 Å². The van der Waals surface area contributed by atoms with Gasteiger partial charge in [0.25, 0.3) is 0 Å². The number of fused-ring (bicyclic) bond motifs is 9. The molecule has 12 aromatic rings. The predicted octanol–water partition coefficient (Wildman–Crippen LogP) is 12.7. The third-order valence-corrected chi connectivity index (χ3v) is 10.6. The van der Waals surface area contributed by atoms with Crippen molar-refractivity contribution in [2.45, 2.75) is 0 Å². The molecule has 0 saturated heterocycles. The van der Waals surface area contributed by atoms with Crippen LogP contribution in [0.4, 0.5) is 0 Å². The molecule has 0 atom stereocenters. The zero-order valence-electron chi connectivity index (χ0n) is 30.0. The van der Waals surface area contributed by atoms with Crippen LogP contribution in [-0.4, -0.2) is 24.9 Å². The highest BCUT2D eigenvalue weighted by Gasteiger charge is 2.21. The molecule has 266 valence electrons. The first-order valence-corrected chi connectivity index (χ1v) is 18.7. The second-order valence-electron chi connectivity index (χ2n) is 14.0. The number of furan rings is 3. The Hall–Kier alpha value is -7.97. The minimum absolute atomic E-state index is 0.536. The molecular weight excluding hydrogens is 707 g/mol. The Morgan fingerprint density at radius 3 is 1.63 bits per heavy atom. The quantitative estimate of drug-likeness (QED) is 0.172. The first-order valence-electron chi connectivity index (χ1n) is 18.7. The summed E-state index contributed by atoms with van der Waals surface area (Å²) in [7, 11) is 0. The molecule has 8 nitrogen and oxygen atoms in total. The molecule has 0 radical (unpaired) electrons. The average Bonchev–Trinajstić information content (AvgIpc) is 3.97. The van der Waals surface area contributed by atoms with Crippen molar-refractivity contribution in [2.75, 3.05) is 0 Å². The van der Waals surface area contributed by atoms with Gasteiger partial charge >= 0.3 is 0 Å². The Labute approximate surface area is 323 Å². The monoisotopic (exact) mass is 733 g/mol. The summed E-state index contributed by atoms with van der Waals surface area (Å²) in [4.78, 5) is 25.3. The Morgan fingerprint density at radius 1 is 0.316 bits per heavy atom. The van der Waals surface area contributed by atoms with Crippen LogP contribution in [0.2, 0.25) is 0 Å². The van der Waals surface area contributed by atoms with Gasteiger partial charge < -0.3 is 13.3 Å². The van der Waals surface area contributed by atoms with Crippen molar-refractivity contribution in [1.29, 1.82) is 0 Å². The lowest BCUT2D eigenvalue weighted by Crippen LogP contribution is -2.00. The first kappa shape index (κ1) is 31.4. The van der Waals surface area contributed by atoms with Crippen LogP contribution >= 0.6 is 0 Å². The van der Waals surface area contributed by atoms with Crippen LogP contribution in [0.1, 0.15) is 0 Å². The van der Waals surface area contributed by atoms with Crippen molar-refractivity contribution in [1.82, 2.24) is 24.9 Å². The topological polar surface area (TPSA) is 104 Å². The highest BCUT2D eigenvalue weighted by atomic mass is 16.3. The molecule has 12 rings (SSSR count). The molecule has 0 amide bonds. The van der Waals surface area contributed by atoms with E-state index in [9.17, 15) is 0 Å². The predicted molar refractivity (Wildman–Crippen MR) is 224 cm³/mol. The Balaban J connectivity index is 1.03. The van der Waals surface area contributed by atoms with Gasteiger partial charge in [0.05, 0.1) is 0 Å². The Bertz CT molecular complexity index is 3530. The van der Waals surface area contributed by atoms with Crippen LogP contribution in [0.3, 0.4) is 0 Å². The van der Waals surface area contributed by atoms with Crippen molar-refractivity contribution >= 4 is 65.9 Å². The molecule has 0 aliphatic heterocycles. The van der Waals surface area contributed by atoms with Crippen molar-refractivity contribution in [3.8, 4) is 56.8 Å². The lowest BCUT2D eigenvalue weighted by molar-refractivity contribution is 0.667. The minimum Gasteiger partial charge on any atom is -0.456 e. The third kappa shape index (κ3) is 5.04. The molecule has 0 spiro atoms. The average molecular weight is 734 g/mol. The lowest BCUT2D eigenvalue weighted by atomic mass is 10.0. The van der Waals surface area contributed by atoms with Gasteiger partial charge in [0, 0.05) is 54.7 Å². The molecule has 0 aliphatic rings. The molecule has 0 bridgehead atoms. The van der Waals surface area contributed by atoms with E-state index in [0.29, 0.717) is 40.0 Å². The van der Waals surface area contributed by atoms with E-state index in [2.05, 4.69) is 18.2 Å². The van der Waals surface area contributed by atoms with Gasteiger partial charge in [0.1, 0.15) is 39.1 Å². The highest BCUT2D eigenvalue weighted by Crippen LogP contribution is 2.40. The van der Waals surface area contributed by atoms with Crippen LogP contribution in [0.5, 0.6) is 0 Å². The fraction of sp³-hybridized carbons (Fsp3) is 0. The number of aromatic nitrogens is 5. The standard InChI is InChI=1S/C49H27N5O3/c1-3-12-28(13-4-1)43-45-44(35-17-8-10-20-38(35)57-45)51-47(50-43)30-23-25-34-41(27-30)56-39-21-11-18-36(42(34)39)49-53-46(29-14-5-2-6-15-29)52-48(54-49)31-22-24-33-32-16-7-9-19-37(32)55-40(33)26-31/h1-27H. The van der Waals surface area contributed by atoms with E-state index < -0.39 is 0 Å². The number of rotatable bonds is 5. The fourth-order valence-corrected chi connectivity index (χ4v) is 7.87. The fourth-order valence-electron chi connectivity index (χ4n) is 7.87. The highest BCUT2D eigenvalue weighted by molar-refractivity contribution is 6.13. The molecule has 5 heterocycles. The molecule has 5 aromatic heterocycles. The molecule has 8 heteroatoms. The van der Waals surface area contributed by atoms with E-state index in [1.54, 1.807) is 0 Å². The van der Waals surface area contributed by atoms with Gasteiger partial charge in [-0.05, 0) is 48.5 Å². The van der Waals surface area contributed by atoms with Gasteiger partial charge in [-0.3, -0.25) is 0 Å². The van der Waals surface area contributed by atoms with Gasteiger partial charge in [-0.15, -0.1) is 0 Å².